The molecule has 0 amide bonds. The molecule has 2 bridgehead atoms. The monoisotopic (exact) mass is 432 g/mol. The number of piperidine rings is 1. The number of benzene rings is 2. The molecule has 5 rings (SSSR count). The first-order valence-corrected chi connectivity index (χ1v) is 12.5. The van der Waals surface area contributed by atoms with Crippen molar-refractivity contribution in [3.63, 3.8) is 0 Å². The minimum absolute atomic E-state index is 0.416. The fourth-order valence-electron chi connectivity index (χ4n) is 5.28. The number of nitrogens with zero attached hydrogens (tertiary/aromatic N) is 2. The minimum atomic E-state index is -3.41. The molecule has 1 saturated heterocycles. The molecule has 2 aromatic carbocycles. The number of sulfonamides is 1. The quantitative estimate of drug-likeness (QED) is 0.563. The summed E-state index contributed by atoms with van der Waals surface area (Å²) in [6.45, 7) is 3.24. The van der Waals surface area contributed by atoms with E-state index in [1.165, 1.54) is 10.9 Å². The van der Waals surface area contributed by atoms with Crippen LogP contribution in [0.3, 0.4) is 0 Å². The van der Waals surface area contributed by atoms with E-state index in [1.54, 1.807) is 16.4 Å². The summed E-state index contributed by atoms with van der Waals surface area (Å²) in [4.78, 5) is 4.86. The third-order valence-electron chi connectivity index (χ3n) is 6.75. The van der Waals surface area contributed by atoms with Crippen LogP contribution in [0.25, 0.3) is 17.0 Å². The number of rotatable bonds is 4. The summed E-state index contributed by atoms with van der Waals surface area (Å²) in [5, 5.41) is 1.17. The third-order valence-corrected chi connectivity index (χ3v) is 8.60. The Bertz CT molecular complexity index is 1200. The van der Waals surface area contributed by atoms with Gasteiger partial charge in [-0.25, -0.2) is 8.42 Å². The largest absolute Gasteiger partial charge is 0.256 e. The van der Waals surface area contributed by atoms with Crippen LogP contribution in [0.2, 0.25) is 0 Å². The van der Waals surface area contributed by atoms with Gasteiger partial charge in [-0.05, 0) is 73.8 Å². The van der Waals surface area contributed by atoms with Crippen LogP contribution < -0.4 is 0 Å². The Balaban J connectivity index is 1.30. The molecule has 2 atom stereocenters. The molecule has 2 aliphatic rings. The van der Waals surface area contributed by atoms with E-state index in [0.717, 1.165) is 30.3 Å². The normalized spacial score (nSPS) is 24.6. The lowest BCUT2D eigenvalue weighted by Crippen LogP contribution is -2.47. The van der Waals surface area contributed by atoms with Crippen LogP contribution in [-0.2, 0) is 10.0 Å². The first kappa shape index (κ1) is 20.4. The maximum atomic E-state index is 13.2. The third kappa shape index (κ3) is 4.17. The number of fused-ring (bicyclic) bond motifs is 3. The molecule has 1 saturated carbocycles. The zero-order valence-electron chi connectivity index (χ0n) is 17.8. The average Bonchev–Trinajstić information content (AvgIpc) is 2.77. The minimum Gasteiger partial charge on any atom is -0.256 e. The van der Waals surface area contributed by atoms with Gasteiger partial charge in [0.05, 0.1) is 10.4 Å². The molecule has 4 nitrogen and oxygen atoms in total. The second kappa shape index (κ2) is 8.21. The Kier molecular flexibility index (Phi) is 5.40. The molecule has 1 aliphatic heterocycles. The zero-order chi connectivity index (χ0) is 21.4. The van der Waals surface area contributed by atoms with Crippen molar-refractivity contribution in [3.05, 3.63) is 78.0 Å². The van der Waals surface area contributed by atoms with Crippen LogP contribution in [-0.4, -0.2) is 30.8 Å². The van der Waals surface area contributed by atoms with Crippen LogP contribution >= 0.6 is 0 Å². The maximum absolute atomic E-state index is 13.2. The molecule has 160 valence electrons. The molecule has 2 fully saturated rings. The molecule has 0 radical (unpaired) electrons. The SMILES string of the molecule is Cc1ccc(S(=O)(=O)N2CC3CC(/C=C/c4ccnc5ccccc45)CC(C3)C2)cc1. The smallest absolute Gasteiger partial charge is 0.243 e. The van der Waals surface area contributed by atoms with Gasteiger partial charge in [0, 0.05) is 24.7 Å². The molecular formula is C26H28N2O2S. The highest BCUT2D eigenvalue weighted by molar-refractivity contribution is 7.89. The second-order valence-electron chi connectivity index (χ2n) is 9.11. The lowest BCUT2D eigenvalue weighted by molar-refractivity contribution is 0.121. The van der Waals surface area contributed by atoms with Gasteiger partial charge in [0.25, 0.3) is 0 Å². The number of allylic oxidation sites excluding steroid dienone is 1. The Morgan fingerprint density at radius 3 is 2.39 bits per heavy atom. The molecule has 0 spiro atoms. The highest BCUT2D eigenvalue weighted by Gasteiger charge is 2.39. The predicted molar refractivity (Wildman–Crippen MR) is 125 cm³/mol. The lowest BCUT2D eigenvalue weighted by Gasteiger charge is -2.43. The van der Waals surface area contributed by atoms with Crippen LogP contribution in [0.1, 0.15) is 30.4 Å². The van der Waals surface area contributed by atoms with E-state index in [4.69, 9.17) is 0 Å². The Morgan fingerprint density at radius 2 is 1.65 bits per heavy atom. The molecule has 1 aliphatic carbocycles. The molecule has 0 N–H and O–H groups in total. The van der Waals surface area contributed by atoms with Gasteiger partial charge in [0.15, 0.2) is 0 Å². The molecule has 2 heterocycles. The van der Waals surface area contributed by atoms with Crippen LogP contribution in [0.5, 0.6) is 0 Å². The molecule has 3 aromatic rings. The van der Waals surface area contributed by atoms with Crippen LogP contribution in [0.4, 0.5) is 0 Å². The van der Waals surface area contributed by atoms with Gasteiger partial charge in [0.2, 0.25) is 10.0 Å². The van der Waals surface area contributed by atoms with Crippen molar-refractivity contribution in [2.24, 2.45) is 17.8 Å². The van der Waals surface area contributed by atoms with Crippen molar-refractivity contribution in [1.29, 1.82) is 0 Å². The number of hydrogen-bond acceptors (Lipinski definition) is 3. The van der Waals surface area contributed by atoms with Gasteiger partial charge in [0.1, 0.15) is 0 Å². The number of aromatic nitrogens is 1. The maximum Gasteiger partial charge on any atom is 0.243 e. The molecule has 2 unspecified atom stereocenters. The van der Waals surface area contributed by atoms with Crippen molar-refractivity contribution in [2.75, 3.05) is 13.1 Å². The summed E-state index contributed by atoms with van der Waals surface area (Å²) in [6.07, 6.45) is 9.68. The van der Waals surface area contributed by atoms with Crippen molar-refractivity contribution < 1.29 is 8.42 Å². The Morgan fingerprint density at radius 1 is 0.935 bits per heavy atom. The van der Waals surface area contributed by atoms with Gasteiger partial charge in [-0.15, -0.1) is 0 Å². The van der Waals surface area contributed by atoms with Crippen LogP contribution in [0, 0.1) is 24.7 Å². The topological polar surface area (TPSA) is 50.3 Å². The summed E-state index contributed by atoms with van der Waals surface area (Å²) in [7, 11) is -3.41. The van der Waals surface area contributed by atoms with Crippen molar-refractivity contribution in [3.8, 4) is 0 Å². The fraction of sp³-hybridized carbons (Fsp3) is 0.346. The molecular weight excluding hydrogens is 404 g/mol. The van der Waals surface area contributed by atoms with Gasteiger partial charge in [-0.2, -0.15) is 4.31 Å². The molecule has 5 heteroatoms. The van der Waals surface area contributed by atoms with E-state index in [9.17, 15) is 8.42 Å². The summed E-state index contributed by atoms with van der Waals surface area (Å²) >= 11 is 0. The standard InChI is InChI=1S/C26H28N2O2S/c1-19-6-10-24(11-7-19)31(29,30)28-17-21-14-20(15-22(16-21)18-28)8-9-23-12-13-27-26-5-3-2-4-25(23)26/h2-13,20-22H,14-18H2,1H3/b9-8+. The Labute approximate surface area is 184 Å². The summed E-state index contributed by atoms with van der Waals surface area (Å²) in [6, 6.07) is 17.5. The van der Waals surface area contributed by atoms with Gasteiger partial charge in [-0.3, -0.25) is 4.98 Å². The van der Waals surface area contributed by atoms with E-state index in [2.05, 4.69) is 35.3 Å². The number of pyridine rings is 1. The number of hydrogen-bond donors (Lipinski definition) is 0. The second-order valence-corrected chi connectivity index (χ2v) is 11.0. The van der Waals surface area contributed by atoms with Gasteiger partial charge >= 0.3 is 0 Å². The predicted octanol–water partition coefficient (Wildman–Crippen LogP) is 5.29. The van der Waals surface area contributed by atoms with Crippen molar-refractivity contribution >= 4 is 27.0 Å². The van der Waals surface area contributed by atoms with E-state index in [1.807, 2.05) is 37.4 Å². The zero-order valence-corrected chi connectivity index (χ0v) is 18.6. The van der Waals surface area contributed by atoms with Gasteiger partial charge in [-0.1, -0.05) is 48.0 Å². The lowest BCUT2D eigenvalue weighted by atomic mass is 9.73. The first-order valence-electron chi connectivity index (χ1n) is 11.1. The number of para-hydroxylation sites is 1. The number of aryl methyl sites for hydroxylation is 1. The summed E-state index contributed by atoms with van der Waals surface area (Å²) in [5.74, 6) is 1.35. The fourth-order valence-corrected chi connectivity index (χ4v) is 6.87. The van der Waals surface area contributed by atoms with E-state index >= 15 is 0 Å². The Hall–Kier alpha value is -2.50. The first-order chi connectivity index (χ1) is 15.0. The van der Waals surface area contributed by atoms with Crippen molar-refractivity contribution in [1.82, 2.24) is 9.29 Å². The van der Waals surface area contributed by atoms with Gasteiger partial charge < -0.3 is 0 Å². The van der Waals surface area contributed by atoms with Crippen LogP contribution in [0.15, 0.2) is 71.8 Å². The average molecular weight is 433 g/mol. The van der Waals surface area contributed by atoms with E-state index in [-0.39, 0.29) is 0 Å². The summed E-state index contributed by atoms with van der Waals surface area (Å²) in [5.41, 5.74) is 3.29. The highest BCUT2D eigenvalue weighted by atomic mass is 32.2. The highest BCUT2D eigenvalue weighted by Crippen LogP contribution is 2.40. The van der Waals surface area contributed by atoms with Crippen molar-refractivity contribution in [2.45, 2.75) is 31.1 Å². The van der Waals surface area contributed by atoms with E-state index in [0.29, 0.717) is 35.7 Å². The molecule has 31 heavy (non-hydrogen) atoms. The van der Waals surface area contributed by atoms with E-state index < -0.39 is 10.0 Å². The molecule has 1 aromatic heterocycles. The summed E-state index contributed by atoms with van der Waals surface area (Å²) < 4.78 is 28.0.